The highest BCUT2D eigenvalue weighted by atomic mass is 16.7. The highest BCUT2D eigenvalue weighted by Gasteiger charge is 2.32. The Morgan fingerprint density at radius 1 is 1.07 bits per heavy atom. The first-order valence-electron chi connectivity index (χ1n) is 14.6. The Morgan fingerprint density at radius 3 is 2.49 bits per heavy atom. The lowest BCUT2D eigenvalue weighted by Crippen LogP contribution is -2.48. The molecule has 0 saturated heterocycles. The first-order chi connectivity index (χ1) is 21.5. The molecule has 2 aliphatic heterocycles. The largest absolute Gasteiger partial charge is 0.488 e. The van der Waals surface area contributed by atoms with E-state index in [0.717, 1.165) is 0 Å². The van der Waals surface area contributed by atoms with E-state index in [2.05, 4.69) is 21.1 Å². The summed E-state index contributed by atoms with van der Waals surface area (Å²) in [7, 11) is 1.66. The third-order valence-corrected chi connectivity index (χ3v) is 7.87. The van der Waals surface area contributed by atoms with E-state index in [4.69, 9.17) is 18.7 Å². The van der Waals surface area contributed by atoms with Gasteiger partial charge in [0.1, 0.15) is 23.2 Å². The highest BCUT2D eigenvalue weighted by molar-refractivity contribution is 6.00. The molecule has 0 radical (unpaired) electrons. The number of fused-ring (bicyclic) bond motifs is 2. The number of anilines is 3. The summed E-state index contributed by atoms with van der Waals surface area (Å²) in [5.41, 5.74) is 2.57. The topological polar surface area (TPSA) is 168 Å². The minimum Gasteiger partial charge on any atom is -0.488 e. The molecule has 0 saturated carbocycles. The van der Waals surface area contributed by atoms with Crippen LogP contribution in [0.5, 0.6) is 17.2 Å². The van der Waals surface area contributed by atoms with Gasteiger partial charge in [0, 0.05) is 42.5 Å². The molecule has 0 unspecified atom stereocenters. The normalized spacial score (nSPS) is 18.1. The number of carbonyl (C=O) groups excluding carboxylic acids is 3. The highest BCUT2D eigenvalue weighted by Crippen LogP contribution is 2.34. The molecule has 14 nitrogen and oxygen atoms in total. The fraction of sp³-hybridized carbons (Fsp3) is 0.419. The van der Waals surface area contributed by atoms with E-state index in [1.807, 2.05) is 6.92 Å². The molecule has 2 aliphatic rings. The van der Waals surface area contributed by atoms with Crippen LogP contribution in [0.4, 0.5) is 26.7 Å². The van der Waals surface area contributed by atoms with Crippen LogP contribution >= 0.6 is 0 Å². The van der Waals surface area contributed by atoms with Crippen LogP contribution in [0, 0.1) is 19.8 Å². The van der Waals surface area contributed by atoms with Crippen LogP contribution in [0.1, 0.15) is 30.9 Å². The minimum atomic E-state index is -0.516. The van der Waals surface area contributed by atoms with E-state index in [-0.39, 0.29) is 44.2 Å². The van der Waals surface area contributed by atoms with Gasteiger partial charge in [-0.15, -0.1) is 0 Å². The maximum absolute atomic E-state index is 13.5. The number of aliphatic hydroxyl groups excluding tert-OH is 1. The summed E-state index contributed by atoms with van der Waals surface area (Å²) in [4.78, 5) is 42.6. The van der Waals surface area contributed by atoms with Crippen LogP contribution in [0.25, 0.3) is 0 Å². The first kappa shape index (κ1) is 31.4. The van der Waals surface area contributed by atoms with E-state index in [1.165, 1.54) is 4.90 Å². The third kappa shape index (κ3) is 7.23. The number of benzene rings is 2. The average Bonchev–Trinajstić information content (AvgIpc) is 3.61. The number of ether oxygens (including phenoxy) is 3. The van der Waals surface area contributed by atoms with Crippen molar-refractivity contribution < 1.29 is 38.2 Å². The number of hydrogen-bond donors (Lipinski definition) is 4. The second kappa shape index (κ2) is 13.3. The number of likely N-dealkylation sites (N-methyl/N-ethyl adjacent to an activating group) is 1. The average molecular weight is 623 g/mol. The fourth-order valence-electron chi connectivity index (χ4n) is 5.21. The van der Waals surface area contributed by atoms with E-state index in [1.54, 1.807) is 69.1 Å². The van der Waals surface area contributed by atoms with Gasteiger partial charge in [0.25, 0.3) is 0 Å². The predicted molar refractivity (Wildman–Crippen MR) is 165 cm³/mol. The van der Waals surface area contributed by atoms with Crippen molar-refractivity contribution in [2.75, 3.05) is 49.5 Å². The Labute approximate surface area is 260 Å². The smallest absolute Gasteiger partial charge is 0.323 e. The van der Waals surface area contributed by atoms with Gasteiger partial charge in [-0.05, 0) is 51.1 Å². The number of carbonyl (C=O) groups is 3. The second-order valence-corrected chi connectivity index (χ2v) is 11.4. The number of aliphatic hydroxyl groups is 1. The van der Waals surface area contributed by atoms with Crippen LogP contribution < -0.4 is 30.2 Å². The van der Waals surface area contributed by atoms with Gasteiger partial charge in [0.15, 0.2) is 17.3 Å². The first-order valence-corrected chi connectivity index (χ1v) is 14.6. The molecule has 4 N–H and O–H groups in total. The van der Waals surface area contributed by atoms with Gasteiger partial charge in [-0.3, -0.25) is 4.79 Å². The molecule has 0 fully saturated rings. The van der Waals surface area contributed by atoms with Gasteiger partial charge in [0.2, 0.25) is 12.7 Å². The lowest BCUT2D eigenvalue weighted by molar-refractivity contribution is -0.134. The number of rotatable bonds is 7. The number of urea groups is 2. The SMILES string of the molecule is Cc1noc(C)c1NC(=O)Nc1ccc2c(c1)CC(=O)N([C@H](C)CO)C[C@@H](C)[C@H](CN(C)C(=O)Nc1ccc3c(c1)OCO3)O2. The Hall–Kier alpha value is -4.98. The Balaban J connectivity index is 1.34. The van der Waals surface area contributed by atoms with Crippen molar-refractivity contribution in [1.82, 2.24) is 15.0 Å². The summed E-state index contributed by atoms with van der Waals surface area (Å²) in [5.74, 6) is 1.69. The molecule has 45 heavy (non-hydrogen) atoms. The Bertz CT molecular complexity index is 1560. The number of aryl methyl sites for hydroxylation is 2. The number of nitrogens with one attached hydrogen (secondary N) is 3. The van der Waals surface area contributed by atoms with Gasteiger partial charge in [-0.1, -0.05) is 12.1 Å². The van der Waals surface area contributed by atoms with Crippen LogP contribution in [-0.4, -0.2) is 83.7 Å². The van der Waals surface area contributed by atoms with Gasteiger partial charge >= 0.3 is 12.1 Å². The van der Waals surface area contributed by atoms with Crippen LogP contribution in [0.3, 0.4) is 0 Å². The maximum Gasteiger partial charge on any atom is 0.323 e. The molecular formula is C31H38N6O8. The summed E-state index contributed by atoms with van der Waals surface area (Å²) in [5, 5.41) is 22.2. The molecule has 5 rings (SSSR count). The Morgan fingerprint density at radius 2 is 1.78 bits per heavy atom. The summed E-state index contributed by atoms with van der Waals surface area (Å²) in [6.07, 6.45) is -0.530. The van der Waals surface area contributed by atoms with Crippen molar-refractivity contribution in [1.29, 1.82) is 0 Å². The summed E-state index contributed by atoms with van der Waals surface area (Å²) >= 11 is 0. The van der Waals surface area contributed by atoms with Crippen molar-refractivity contribution in [3.63, 3.8) is 0 Å². The lowest BCUT2D eigenvalue weighted by Gasteiger charge is -2.34. The zero-order valence-electron chi connectivity index (χ0n) is 25.9. The number of hydrogen-bond acceptors (Lipinski definition) is 9. The van der Waals surface area contributed by atoms with Crippen LogP contribution in [0.2, 0.25) is 0 Å². The Kier molecular flexibility index (Phi) is 9.32. The van der Waals surface area contributed by atoms with E-state index in [0.29, 0.717) is 57.9 Å². The molecule has 0 spiro atoms. The zero-order valence-corrected chi connectivity index (χ0v) is 25.9. The zero-order chi connectivity index (χ0) is 32.2. The van der Waals surface area contributed by atoms with Crippen molar-refractivity contribution >= 4 is 35.0 Å². The van der Waals surface area contributed by atoms with Crippen molar-refractivity contribution in [3.8, 4) is 17.2 Å². The van der Waals surface area contributed by atoms with Crippen molar-refractivity contribution in [2.45, 2.75) is 46.3 Å². The summed E-state index contributed by atoms with van der Waals surface area (Å²) in [6, 6.07) is 8.93. The second-order valence-electron chi connectivity index (χ2n) is 11.4. The minimum absolute atomic E-state index is 0.0133. The molecular weight excluding hydrogens is 584 g/mol. The van der Waals surface area contributed by atoms with Crippen molar-refractivity contribution in [2.24, 2.45) is 5.92 Å². The van der Waals surface area contributed by atoms with Gasteiger partial charge in [-0.25, -0.2) is 9.59 Å². The molecule has 14 heteroatoms. The van der Waals surface area contributed by atoms with E-state index < -0.39 is 18.2 Å². The van der Waals surface area contributed by atoms with Gasteiger partial charge in [-0.2, -0.15) is 0 Å². The lowest BCUT2D eigenvalue weighted by atomic mass is 10.0. The molecule has 3 atom stereocenters. The number of aromatic nitrogens is 1. The monoisotopic (exact) mass is 622 g/mol. The third-order valence-electron chi connectivity index (χ3n) is 7.87. The summed E-state index contributed by atoms with van der Waals surface area (Å²) < 4.78 is 22.4. The number of nitrogens with zero attached hydrogens (tertiary/aromatic N) is 3. The van der Waals surface area contributed by atoms with Crippen LogP contribution in [-0.2, 0) is 11.2 Å². The number of amides is 5. The predicted octanol–water partition coefficient (Wildman–Crippen LogP) is 3.98. The van der Waals surface area contributed by atoms with E-state index >= 15 is 0 Å². The molecule has 0 bridgehead atoms. The standard InChI is InChI=1S/C31H38N6O8/c1-17-13-37(18(2)15-38)28(39)11-21-10-22(32-30(40)34-29-19(3)35-45-20(29)4)6-8-24(21)44-27(17)14-36(5)31(41)33-23-7-9-25-26(12-23)43-16-42-25/h6-10,12,17-18,27,38H,11,13-16H2,1-5H3,(H,33,41)(H2,32,34,40)/t17-,18-,27+/m1/s1. The van der Waals surface area contributed by atoms with Gasteiger partial charge in [0.05, 0.1) is 25.6 Å². The molecule has 3 heterocycles. The molecule has 0 aliphatic carbocycles. The molecule has 5 amide bonds. The van der Waals surface area contributed by atoms with Crippen molar-refractivity contribution in [3.05, 3.63) is 53.4 Å². The summed E-state index contributed by atoms with van der Waals surface area (Å²) in [6.45, 7) is 7.57. The quantitative estimate of drug-likeness (QED) is 0.305. The van der Waals surface area contributed by atoms with Gasteiger partial charge < -0.3 is 49.6 Å². The maximum atomic E-state index is 13.5. The van der Waals surface area contributed by atoms with Crippen LogP contribution in [0.15, 0.2) is 40.9 Å². The fourth-order valence-corrected chi connectivity index (χ4v) is 5.21. The van der Waals surface area contributed by atoms with E-state index in [9.17, 15) is 19.5 Å². The molecule has 2 aromatic carbocycles. The molecule has 240 valence electrons. The molecule has 3 aromatic rings. The molecule has 1 aromatic heterocycles.